The number of carbonyl (C=O) groups excluding carboxylic acids is 1. The Morgan fingerprint density at radius 2 is 2.18 bits per heavy atom. The highest BCUT2D eigenvalue weighted by atomic mass is 35.5. The van der Waals surface area contributed by atoms with Gasteiger partial charge in [-0.2, -0.15) is 0 Å². The molecule has 0 saturated heterocycles. The molecule has 0 spiro atoms. The summed E-state index contributed by atoms with van der Waals surface area (Å²) in [5.74, 6) is -0.0613. The molecule has 0 aromatic heterocycles. The second-order valence-corrected chi connectivity index (χ2v) is 5.34. The van der Waals surface area contributed by atoms with Crippen LogP contribution in [0.5, 0.6) is 0 Å². The summed E-state index contributed by atoms with van der Waals surface area (Å²) in [4.78, 5) is 11.7. The van der Waals surface area contributed by atoms with Gasteiger partial charge in [0, 0.05) is 23.6 Å². The molecule has 0 aliphatic rings. The van der Waals surface area contributed by atoms with Crippen LogP contribution in [0.15, 0.2) is 24.3 Å². The minimum absolute atomic E-state index is 0.0461. The normalized spacial score (nSPS) is 11.3. The van der Waals surface area contributed by atoms with Crippen molar-refractivity contribution in [2.24, 2.45) is 5.41 Å². The smallest absolute Gasteiger partial charge is 0.224 e. The van der Waals surface area contributed by atoms with Gasteiger partial charge in [-0.1, -0.05) is 37.6 Å². The Balaban J connectivity index is 2.45. The van der Waals surface area contributed by atoms with Crippen molar-refractivity contribution in [2.75, 3.05) is 13.2 Å². The van der Waals surface area contributed by atoms with E-state index in [1.165, 1.54) is 0 Å². The van der Waals surface area contributed by atoms with Gasteiger partial charge in [-0.25, -0.2) is 0 Å². The van der Waals surface area contributed by atoms with Crippen LogP contribution in [0.4, 0.5) is 0 Å². The SMILES string of the molecule is CC(C)(CO)CNC(=O)Cc1cccc(Cl)c1. The zero-order valence-corrected chi connectivity index (χ0v) is 10.9. The summed E-state index contributed by atoms with van der Waals surface area (Å²) < 4.78 is 0. The largest absolute Gasteiger partial charge is 0.396 e. The van der Waals surface area contributed by atoms with E-state index in [1.807, 2.05) is 26.0 Å². The Labute approximate surface area is 107 Å². The van der Waals surface area contributed by atoms with Gasteiger partial charge < -0.3 is 10.4 Å². The summed E-state index contributed by atoms with van der Waals surface area (Å²) in [6.07, 6.45) is 0.308. The fourth-order valence-electron chi connectivity index (χ4n) is 1.29. The van der Waals surface area contributed by atoms with Crippen molar-refractivity contribution in [1.29, 1.82) is 0 Å². The number of rotatable bonds is 5. The summed E-state index contributed by atoms with van der Waals surface area (Å²) in [6.45, 7) is 4.30. The van der Waals surface area contributed by atoms with Crippen molar-refractivity contribution in [3.05, 3.63) is 34.9 Å². The van der Waals surface area contributed by atoms with Crippen LogP contribution in [-0.4, -0.2) is 24.2 Å². The minimum atomic E-state index is -0.288. The predicted molar refractivity (Wildman–Crippen MR) is 69.0 cm³/mol. The summed E-state index contributed by atoms with van der Waals surface area (Å²) in [5, 5.41) is 12.5. The van der Waals surface area contributed by atoms with Crippen LogP contribution < -0.4 is 5.32 Å². The van der Waals surface area contributed by atoms with Crippen LogP contribution in [0.2, 0.25) is 5.02 Å². The number of nitrogens with one attached hydrogen (secondary N) is 1. The van der Waals surface area contributed by atoms with Gasteiger partial charge in [-0.05, 0) is 17.7 Å². The number of benzene rings is 1. The van der Waals surface area contributed by atoms with Crippen molar-refractivity contribution in [3.63, 3.8) is 0 Å². The lowest BCUT2D eigenvalue weighted by Crippen LogP contribution is -2.36. The molecule has 0 aliphatic carbocycles. The molecule has 0 aliphatic heterocycles. The third kappa shape index (κ3) is 5.20. The Kier molecular flexibility index (Phi) is 4.97. The highest BCUT2D eigenvalue weighted by Crippen LogP contribution is 2.13. The van der Waals surface area contributed by atoms with Gasteiger partial charge in [0.15, 0.2) is 0 Å². The van der Waals surface area contributed by atoms with E-state index in [4.69, 9.17) is 16.7 Å². The van der Waals surface area contributed by atoms with Crippen molar-refractivity contribution in [2.45, 2.75) is 20.3 Å². The van der Waals surface area contributed by atoms with Gasteiger partial charge in [0.2, 0.25) is 5.91 Å². The molecule has 0 radical (unpaired) electrons. The Hall–Kier alpha value is -1.06. The highest BCUT2D eigenvalue weighted by molar-refractivity contribution is 6.30. The maximum Gasteiger partial charge on any atom is 0.224 e. The van der Waals surface area contributed by atoms with E-state index in [1.54, 1.807) is 12.1 Å². The summed E-state index contributed by atoms with van der Waals surface area (Å²) >= 11 is 5.84. The monoisotopic (exact) mass is 255 g/mol. The molecule has 0 saturated carbocycles. The molecule has 1 rings (SSSR count). The number of aliphatic hydroxyl groups excluding tert-OH is 1. The van der Waals surface area contributed by atoms with Gasteiger partial charge >= 0.3 is 0 Å². The van der Waals surface area contributed by atoms with Gasteiger partial charge in [-0.15, -0.1) is 0 Å². The lowest BCUT2D eigenvalue weighted by Gasteiger charge is -2.21. The Morgan fingerprint density at radius 3 is 2.76 bits per heavy atom. The molecular formula is C13H18ClNO2. The van der Waals surface area contributed by atoms with Crippen molar-refractivity contribution >= 4 is 17.5 Å². The number of aliphatic hydroxyl groups is 1. The molecule has 3 nitrogen and oxygen atoms in total. The molecular weight excluding hydrogens is 238 g/mol. The van der Waals surface area contributed by atoms with Gasteiger partial charge in [-0.3, -0.25) is 4.79 Å². The molecule has 1 amide bonds. The number of hydrogen-bond donors (Lipinski definition) is 2. The fraction of sp³-hybridized carbons (Fsp3) is 0.462. The van der Waals surface area contributed by atoms with Crippen LogP contribution in [0, 0.1) is 5.41 Å². The summed E-state index contributed by atoms with van der Waals surface area (Å²) in [6, 6.07) is 7.24. The first-order valence-electron chi connectivity index (χ1n) is 5.55. The number of halogens is 1. The van der Waals surface area contributed by atoms with Crippen LogP contribution in [0.25, 0.3) is 0 Å². The molecule has 0 fully saturated rings. The molecule has 4 heteroatoms. The third-order valence-corrected chi connectivity index (χ3v) is 2.68. The standard InChI is InChI=1S/C13H18ClNO2/c1-13(2,9-16)8-15-12(17)7-10-4-3-5-11(14)6-10/h3-6,16H,7-9H2,1-2H3,(H,15,17). The lowest BCUT2D eigenvalue weighted by molar-refractivity contribution is -0.121. The van der Waals surface area contributed by atoms with E-state index in [9.17, 15) is 4.79 Å². The van der Waals surface area contributed by atoms with Crippen molar-refractivity contribution in [1.82, 2.24) is 5.32 Å². The maximum absolute atomic E-state index is 11.7. The van der Waals surface area contributed by atoms with E-state index >= 15 is 0 Å². The van der Waals surface area contributed by atoms with Gasteiger partial charge in [0.05, 0.1) is 6.42 Å². The van der Waals surface area contributed by atoms with E-state index in [0.717, 1.165) is 5.56 Å². The van der Waals surface area contributed by atoms with Crippen molar-refractivity contribution in [3.8, 4) is 0 Å². The van der Waals surface area contributed by atoms with Crippen LogP contribution >= 0.6 is 11.6 Å². The lowest BCUT2D eigenvalue weighted by atomic mass is 9.95. The van der Waals surface area contributed by atoms with E-state index in [2.05, 4.69) is 5.32 Å². The first-order chi connectivity index (χ1) is 7.93. The average molecular weight is 256 g/mol. The molecule has 0 bridgehead atoms. The second kappa shape index (κ2) is 6.03. The molecule has 0 heterocycles. The fourth-order valence-corrected chi connectivity index (χ4v) is 1.50. The zero-order chi connectivity index (χ0) is 12.9. The van der Waals surface area contributed by atoms with E-state index < -0.39 is 0 Å². The van der Waals surface area contributed by atoms with Gasteiger partial charge in [0.25, 0.3) is 0 Å². The molecule has 0 atom stereocenters. The van der Waals surface area contributed by atoms with E-state index in [-0.39, 0.29) is 17.9 Å². The van der Waals surface area contributed by atoms with Gasteiger partial charge in [0.1, 0.15) is 0 Å². The molecule has 1 aromatic carbocycles. The number of hydrogen-bond acceptors (Lipinski definition) is 2. The third-order valence-electron chi connectivity index (χ3n) is 2.45. The number of carbonyl (C=O) groups is 1. The number of amides is 1. The van der Waals surface area contributed by atoms with Crippen molar-refractivity contribution < 1.29 is 9.90 Å². The van der Waals surface area contributed by atoms with Crippen LogP contribution in [0.3, 0.4) is 0 Å². The van der Waals surface area contributed by atoms with E-state index in [0.29, 0.717) is 18.0 Å². The highest BCUT2D eigenvalue weighted by Gasteiger charge is 2.17. The summed E-state index contributed by atoms with van der Waals surface area (Å²) in [5.41, 5.74) is 0.598. The average Bonchev–Trinajstić information content (AvgIpc) is 2.27. The molecule has 1 aromatic rings. The Morgan fingerprint density at radius 1 is 1.47 bits per heavy atom. The van der Waals surface area contributed by atoms with Crippen LogP contribution in [-0.2, 0) is 11.2 Å². The minimum Gasteiger partial charge on any atom is -0.396 e. The Bertz CT molecular complexity index is 391. The maximum atomic E-state index is 11.7. The molecule has 2 N–H and O–H groups in total. The zero-order valence-electron chi connectivity index (χ0n) is 10.2. The second-order valence-electron chi connectivity index (χ2n) is 4.91. The topological polar surface area (TPSA) is 49.3 Å². The first-order valence-corrected chi connectivity index (χ1v) is 5.93. The molecule has 17 heavy (non-hydrogen) atoms. The summed E-state index contributed by atoms with van der Waals surface area (Å²) in [7, 11) is 0. The molecule has 94 valence electrons. The quantitative estimate of drug-likeness (QED) is 0.846. The molecule has 0 unspecified atom stereocenters. The predicted octanol–water partition coefficient (Wildman–Crippen LogP) is 2.02. The first kappa shape index (κ1) is 14.0. The van der Waals surface area contributed by atoms with Crippen LogP contribution in [0.1, 0.15) is 19.4 Å².